The normalized spacial score (nSPS) is 16.0. The van der Waals surface area contributed by atoms with Crippen LogP contribution in [0.3, 0.4) is 0 Å². The molecule has 0 saturated heterocycles. The molecular weight excluding hydrogens is 340 g/mol. The van der Waals surface area contributed by atoms with Crippen LogP contribution >= 0.6 is 22.7 Å². The number of carbonyl (C=O) groups excluding carboxylic acids is 2. The predicted molar refractivity (Wildman–Crippen MR) is 98.4 cm³/mol. The molecule has 3 rings (SSSR count). The van der Waals surface area contributed by atoms with Crippen molar-refractivity contribution in [2.75, 3.05) is 6.54 Å². The van der Waals surface area contributed by atoms with Crippen LogP contribution in [-0.4, -0.2) is 18.4 Å². The number of amides is 2. The summed E-state index contributed by atoms with van der Waals surface area (Å²) in [6.45, 7) is 0.363. The molecule has 1 atom stereocenters. The minimum absolute atomic E-state index is 0.00548. The molecule has 1 aliphatic rings. The average Bonchev–Trinajstić information content (AvgIpc) is 3.36. The van der Waals surface area contributed by atoms with E-state index >= 15 is 0 Å². The molecule has 1 unspecified atom stereocenters. The van der Waals surface area contributed by atoms with Gasteiger partial charge in [0, 0.05) is 28.8 Å². The first-order valence-corrected chi connectivity index (χ1v) is 10.2. The van der Waals surface area contributed by atoms with Crippen LogP contribution in [0.25, 0.3) is 0 Å². The van der Waals surface area contributed by atoms with E-state index < -0.39 is 0 Å². The van der Waals surface area contributed by atoms with Crippen molar-refractivity contribution in [1.82, 2.24) is 10.6 Å². The van der Waals surface area contributed by atoms with Crippen LogP contribution in [0.5, 0.6) is 0 Å². The van der Waals surface area contributed by atoms with Gasteiger partial charge in [-0.15, -0.1) is 11.3 Å². The molecule has 2 aromatic rings. The van der Waals surface area contributed by atoms with E-state index in [0.29, 0.717) is 24.4 Å². The lowest BCUT2D eigenvalue weighted by Gasteiger charge is -2.23. The molecule has 6 heteroatoms. The van der Waals surface area contributed by atoms with Crippen LogP contribution < -0.4 is 10.6 Å². The Bertz CT molecular complexity index is 647. The SMILES string of the molecule is O=C(CCNC(=O)c1ccsc1)NC(c1cccs1)C1CCCC1. The van der Waals surface area contributed by atoms with Crippen molar-refractivity contribution in [2.24, 2.45) is 5.92 Å². The van der Waals surface area contributed by atoms with Gasteiger partial charge in [0.1, 0.15) is 0 Å². The van der Waals surface area contributed by atoms with Crippen molar-refractivity contribution in [2.45, 2.75) is 38.1 Å². The maximum absolute atomic E-state index is 12.3. The fourth-order valence-corrected chi connectivity index (χ4v) is 4.72. The Morgan fingerprint density at radius 3 is 2.71 bits per heavy atom. The van der Waals surface area contributed by atoms with Gasteiger partial charge in [-0.2, -0.15) is 11.3 Å². The van der Waals surface area contributed by atoms with Crippen LogP contribution in [0.1, 0.15) is 53.4 Å². The van der Waals surface area contributed by atoms with Gasteiger partial charge in [-0.3, -0.25) is 9.59 Å². The third-order valence-electron chi connectivity index (χ3n) is 4.46. The second-order valence-electron chi connectivity index (χ2n) is 6.12. The second kappa shape index (κ2) is 8.44. The average molecular weight is 363 g/mol. The molecule has 0 spiro atoms. The lowest BCUT2D eigenvalue weighted by atomic mass is 9.96. The highest BCUT2D eigenvalue weighted by Crippen LogP contribution is 2.37. The van der Waals surface area contributed by atoms with Gasteiger partial charge in [-0.25, -0.2) is 0 Å². The van der Waals surface area contributed by atoms with E-state index in [0.717, 1.165) is 0 Å². The van der Waals surface area contributed by atoms with Crippen LogP contribution in [-0.2, 0) is 4.79 Å². The molecule has 2 heterocycles. The van der Waals surface area contributed by atoms with Crippen molar-refractivity contribution in [1.29, 1.82) is 0 Å². The molecule has 2 aromatic heterocycles. The maximum Gasteiger partial charge on any atom is 0.252 e. The smallest absolute Gasteiger partial charge is 0.252 e. The maximum atomic E-state index is 12.3. The van der Waals surface area contributed by atoms with Crippen LogP contribution in [0.4, 0.5) is 0 Å². The van der Waals surface area contributed by atoms with Gasteiger partial charge in [0.25, 0.3) is 5.91 Å². The number of carbonyl (C=O) groups is 2. The van der Waals surface area contributed by atoms with Gasteiger partial charge in [0.2, 0.25) is 5.91 Å². The Balaban J connectivity index is 1.49. The summed E-state index contributed by atoms with van der Waals surface area (Å²) in [7, 11) is 0. The van der Waals surface area contributed by atoms with Crippen molar-refractivity contribution >= 4 is 34.5 Å². The van der Waals surface area contributed by atoms with Gasteiger partial charge in [0.15, 0.2) is 0 Å². The minimum atomic E-state index is -0.116. The minimum Gasteiger partial charge on any atom is -0.351 e. The number of rotatable bonds is 7. The molecule has 0 bridgehead atoms. The third kappa shape index (κ3) is 4.45. The largest absolute Gasteiger partial charge is 0.351 e. The zero-order chi connectivity index (χ0) is 16.8. The third-order valence-corrected chi connectivity index (χ3v) is 6.10. The van der Waals surface area contributed by atoms with E-state index in [9.17, 15) is 9.59 Å². The summed E-state index contributed by atoms with van der Waals surface area (Å²) in [6.07, 6.45) is 5.16. The number of hydrogen-bond donors (Lipinski definition) is 2. The fourth-order valence-electron chi connectivity index (χ4n) is 3.21. The van der Waals surface area contributed by atoms with Crippen molar-refractivity contribution in [3.63, 3.8) is 0 Å². The molecule has 1 fully saturated rings. The molecule has 0 aromatic carbocycles. The fraction of sp³-hybridized carbons (Fsp3) is 0.444. The van der Waals surface area contributed by atoms with Crippen LogP contribution in [0.2, 0.25) is 0 Å². The van der Waals surface area contributed by atoms with Gasteiger partial charge in [0.05, 0.1) is 6.04 Å². The summed E-state index contributed by atoms with van der Waals surface area (Å²) in [4.78, 5) is 25.4. The highest BCUT2D eigenvalue weighted by atomic mass is 32.1. The zero-order valence-electron chi connectivity index (χ0n) is 13.5. The van der Waals surface area contributed by atoms with E-state index in [1.54, 1.807) is 17.4 Å². The van der Waals surface area contributed by atoms with E-state index in [4.69, 9.17) is 0 Å². The van der Waals surface area contributed by atoms with Gasteiger partial charge in [-0.1, -0.05) is 18.9 Å². The molecule has 2 amide bonds. The molecule has 0 radical (unpaired) electrons. The summed E-state index contributed by atoms with van der Waals surface area (Å²) >= 11 is 3.19. The molecule has 4 nitrogen and oxygen atoms in total. The number of thiophene rings is 2. The van der Waals surface area contributed by atoms with E-state index in [2.05, 4.69) is 22.1 Å². The first-order valence-electron chi connectivity index (χ1n) is 8.37. The highest BCUT2D eigenvalue weighted by molar-refractivity contribution is 7.10. The van der Waals surface area contributed by atoms with Crippen LogP contribution in [0.15, 0.2) is 34.3 Å². The Kier molecular flexibility index (Phi) is 6.04. The molecule has 24 heavy (non-hydrogen) atoms. The zero-order valence-corrected chi connectivity index (χ0v) is 15.1. The molecule has 1 aliphatic carbocycles. The van der Waals surface area contributed by atoms with Gasteiger partial charge < -0.3 is 10.6 Å². The van der Waals surface area contributed by atoms with E-state index in [1.807, 2.05) is 16.8 Å². The Morgan fingerprint density at radius 1 is 1.21 bits per heavy atom. The van der Waals surface area contributed by atoms with E-state index in [-0.39, 0.29) is 17.9 Å². The standard InChI is InChI=1S/C18H22N2O2S2/c21-16(7-9-19-18(22)14-8-11-23-12-14)20-17(13-4-1-2-5-13)15-6-3-10-24-15/h3,6,8,10-13,17H,1-2,4-5,7,9H2,(H,19,22)(H,20,21). The first-order chi connectivity index (χ1) is 11.7. The predicted octanol–water partition coefficient (Wildman–Crippen LogP) is 3.98. The molecule has 128 valence electrons. The molecular formula is C18H22N2O2S2. The molecule has 1 saturated carbocycles. The summed E-state index contributed by atoms with van der Waals surface area (Å²) < 4.78 is 0. The topological polar surface area (TPSA) is 58.2 Å². The second-order valence-corrected chi connectivity index (χ2v) is 7.88. The summed E-state index contributed by atoms with van der Waals surface area (Å²) in [6, 6.07) is 6.04. The van der Waals surface area contributed by atoms with Crippen molar-refractivity contribution in [3.8, 4) is 0 Å². The lowest BCUT2D eigenvalue weighted by molar-refractivity contribution is -0.122. The summed E-state index contributed by atoms with van der Waals surface area (Å²) in [5, 5.41) is 11.7. The Labute approximate surface area is 150 Å². The Morgan fingerprint density at radius 2 is 2.04 bits per heavy atom. The monoisotopic (exact) mass is 362 g/mol. The van der Waals surface area contributed by atoms with Gasteiger partial charge >= 0.3 is 0 Å². The van der Waals surface area contributed by atoms with Crippen molar-refractivity contribution in [3.05, 3.63) is 44.8 Å². The highest BCUT2D eigenvalue weighted by Gasteiger charge is 2.28. The molecule has 2 N–H and O–H groups in total. The summed E-state index contributed by atoms with van der Waals surface area (Å²) in [5.74, 6) is 0.425. The number of nitrogens with one attached hydrogen (secondary N) is 2. The number of hydrogen-bond acceptors (Lipinski definition) is 4. The summed E-state index contributed by atoms with van der Waals surface area (Å²) in [5.41, 5.74) is 0.655. The van der Waals surface area contributed by atoms with Crippen molar-refractivity contribution < 1.29 is 9.59 Å². The first kappa shape index (κ1) is 17.2. The molecule has 0 aliphatic heterocycles. The quantitative estimate of drug-likeness (QED) is 0.783. The van der Waals surface area contributed by atoms with Crippen LogP contribution in [0, 0.1) is 5.92 Å². The Hall–Kier alpha value is -1.66. The van der Waals surface area contributed by atoms with Gasteiger partial charge in [-0.05, 0) is 41.7 Å². The van der Waals surface area contributed by atoms with E-state index in [1.165, 1.54) is 41.9 Å². The lowest BCUT2D eigenvalue weighted by Crippen LogP contribution is -2.35.